The summed E-state index contributed by atoms with van der Waals surface area (Å²) in [6, 6.07) is 11.8. The van der Waals surface area contributed by atoms with Crippen LogP contribution in [0.2, 0.25) is 0 Å². The first kappa shape index (κ1) is 19.5. The third-order valence-electron chi connectivity index (χ3n) is 4.96. The van der Waals surface area contributed by atoms with Crippen LogP contribution in [0.4, 0.5) is 4.39 Å². The molecule has 5 nitrogen and oxygen atoms in total. The summed E-state index contributed by atoms with van der Waals surface area (Å²) in [5, 5.41) is 18.8. The normalized spacial score (nSPS) is 23.0. The van der Waals surface area contributed by atoms with Gasteiger partial charge in [-0.1, -0.05) is 18.2 Å². The molecule has 2 N–H and O–H groups in total. The van der Waals surface area contributed by atoms with Gasteiger partial charge in [0.25, 0.3) is 0 Å². The summed E-state index contributed by atoms with van der Waals surface area (Å²) in [5.41, 5.74) is 0.338. The number of sulfonamides is 1. The summed E-state index contributed by atoms with van der Waals surface area (Å²) in [6.45, 7) is 1.76. The van der Waals surface area contributed by atoms with Crippen LogP contribution in [0.15, 0.2) is 47.4 Å². The van der Waals surface area contributed by atoms with Crippen molar-refractivity contribution in [3.8, 4) is 17.2 Å². The minimum Gasteiger partial charge on any atom is -0.390 e. The van der Waals surface area contributed by atoms with Crippen molar-refractivity contribution in [2.45, 2.75) is 49.1 Å². The Balaban J connectivity index is 1.76. The second-order valence-corrected chi connectivity index (χ2v) is 8.94. The molecule has 0 heterocycles. The van der Waals surface area contributed by atoms with E-state index in [4.69, 9.17) is 5.26 Å². The fourth-order valence-electron chi connectivity index (χ4n) is 3.28. The van der Waals surface area contributed by atoms with Crippen molar-refractivity contribution in [3.63, 3.8) is 0 Å². The average Bonchev–Trinajstić information content (AvgIpc) is 2.63. The first-order valence-corrected chi connectivity index (χ1v) is 10.2. The fourth-order valence-corrected chi connectivity index (χ4v) is 4.58. The third kappa shape index (κ3) is 4.53. The van der Waals surface area contributed by atoms with Gasteiger partial charge in [0, 0.05) is 11.6 Å². The molecule has 1 aliphatic rings. The predicted molar refractivity (Wildman–Crippen MR) is 99.8 cm³/mol. The molecular weight excluding hydrogens is 367 g/mol. The maximum absolute atomic E-state index is 14.1. The van der Waals surface area contributed by atoms with E-state index in [2.05, 4.69) is 4.72 Å². The lowest BCUT2D eigenvalue weighted by Crippen LogP contribution is -2.42. The largest absolute Gasteiger partial charge is 0.390 e. The van der Waals surface area contributed by atoms with Crippen LogP contribution < -0.4 is 4.72 Å². The molecule has 27 heavy (non-hydrogen) atoms. The van der Waals surface area contributed by atoms with Crippen LogP contribution in [0.1, 0.15) is 38.2 Å². The Bertz CT molecular complexity index is 969. The quantitative estimate of drug-likeness (QED) is 0.841. The summed E-state index contributed by atoms with van der Waals surface area (Å²) in [5.74, 6) is -0.531. The molecule has 0 aliphatic heterocycles. The predicted octanol–water partition coefficient (Wildman–Crippen LogP) is 3.34. The second kappa shape index (κ2) is 7.39. The minimum atomic E-state index is -3.69. The lowest BCUT2D eigenvalue weighted by atomic mass is 9.84. The van der Waals surface area contributed by atoms with Crippen LogP contribution in [0, 0.1) is 17.1 Å². The first-order chi connectivity index (χ1) is 12.7. The molecule has 0 radical (unpaired) electrons. The van der Waals surface area contributed by atoms with Crippen molar-refractivity contribution in [1.29, 1.82) is 5.26 Å². The maximum Gasteiger partial charge on any atom is 0.240 e. The highest BCUT2D eigenvalue weighted by atomic mass is 32.2. The molecule has 0 bridgehead atoms. The summed E-state index contributed by atoms with van der Waals surface area (Å²) in [7, 11) is -3.69. The second-order valence-electron chi connectivity index (χ2n) is 7.22. The van der Waals surface area contributed by atoms with E-state index in [1.165, 1.54) is 24.3 Å². The number of rotatable bonds is 4. The highest BCUT2D eigenvalue weighted by Gasteiger charge is 2.31. The number of halogens is 1. The smallest absolute Gasteiger partial charge is 0.240 e. The van der Waals surface area contributed by atoms with Gasteiger partial charge in [-0.25, -0.2) is 17.5 Å². The van der Waals surface area contributed by atoms with E-state index in [0.717, 1.165) is 6.07 Å². The molecule has 0 amide bonds. The molecule has 0 saturated heterocycles. The van der Waals surface area contributed by atoms with E-state index in [9.17, 15) is 17.9 Å². The van der Waals surface area contributed by atoms with E-state index in [1.54, 1.807) is 19.1 Å². The number of nitriles is 1. The van der Waals surface area contributed by atoms with Crippen LogP contribution in [0.25, 0.3) is 11.1 Å². The van der Waals surface area contributed by atoms with E-state index >= 15 is 0 Å². The Kier molecular flexibility index (Phi) is 5.33. The van der Waals surface area contributed by atoms with Gasteiger partial charge in [0.1, 0.15) is 5.82 Å². The zero-order chi connectivity index (χ0) is 19.7. The van der Waals surface area contributed by atoms with Crippen molar-refractivity contribution >= 4 is 10.0 Å². The zero-order valence-electron chi connectivity index (χ0n) is 14.9. The average molecular weight is 388 g/mol. The minimum absolute atomic E-state index is 0.109. The van der Waals surface area contributed by atoms with Gasteiger partial charge in [0.05, 0.1) is 22.1 Å². The van der Waals surface area contributed by atoms with Crippen LogP contribution >= 0.6 is 0 Å². The molecule has 1 aliphatic carbocycles. The van der Waals surface area contributed by atoms with E-state index < -0.39 is 21.4 Å². The van der Waals surface area contributed by atoms with Gasteiger partial charge in [-0.05, 0) is 62.4 Å². The topological polar surface area (TPSA) is 90.2 Å². The third-order valence-corrected chi connectivity index (χ3v) is 6.49. The Morgan fingerprint density at radius 1 is 1.19 bits per heavy atom. The van der Waals surface area contributed by atoms with Crippen molar-refractivity contribution in [1.82, 2.24) is 4.72 Å². The van der Waals surface area contributed by atoms with Crippen LogP contribution in [0.3, 0.4) is 0 Å². The number of benzene rings is 2. The van der Waals surface area contributed by atoms with Crippen LogP contribution in [0.5, 0.6) is 0 Å². The molecule has 2 aromatic rings. The number of aliphatic hydroxyl groups is 1. The van der Waals surface area contributed by atoms with Crippen molar-refractivity contribution < 1.29 is 17.9 Å². The Morgan fingerprint density at radius 2 is 1.81 bits per heavy atom. The van der Waals surface area contributed by atoms with Gasteiger partial charge in [-0.3, -0.25) is 0 Å². The molecule has 7 heteroatoms. The Labute approximate surface area is 158 Å². The highest BCUT2D eigenvalue weighted by Crippen LogP contribution is 2.29. The molecule has 0 unspecified atom stereocenters. The molecule has 0 aromatic heterocycles. The van der Waals surface area contributed by atoms with Gasteiger partial charge in [0.15, 0.2) is 0 Å². The van der Waals surface area contributed by atoms with E-state index in [-0.39, 0.29) is 16.5 Å². The van der Waals surface area contributed by atoms with Crippen LogP contribution in [-0.2, 0) is 10.0 Å². The van der Waals surface area contributed by atoms with Gasteiger partial charge in [-0.15, -0.1) is 0 Å². The number of nitrogens with zero attached hydrogens (tertiary/aromatic N) is 1. The summed E-state index contributed by atoms with van der Waals surface area (Å²) >= 11 is 0. The fraction of sp³-hybridized carbons (Fsp3) is 0.350. The summed E-state index contributed by atoms with van der Waals surface area (Å²) in [4.78, 5) is 0.109. The highest BCUT2D eigenvalue weighted by molar-refractivity contribution is 7.89. The number of nitrogens with one attached hydrogen (secondary N) is 1. The van der Waals surface area contributed by atoms with E-state index in [1.807, 2.05) is 6.07 Å². The lowest BCUT2D eigenvalue weighted by Gasteiger charge is -2.33. The van der Waals surface area contributed by atoms with E-state index in [0.29, 0.717) is 36.8 Å². The molecule has 1 saturated carbocycles. The first-order valence-electron chi connectivity index (χ1n) is 8.75. The molecule has 0 spiro atoms. The SMILES string of the molecule is C[C@]1(O)CC[C@H](NS(=O)(=O)c2ccc(-c3ccc(C#N)cc3F)cc2)CC1. The molecule has 142 valence electrons. The standard InChI is InChI=1S/C20H21FN2O3S/c1-20(24)10-8-16(9-11-20)23-27(25,26)17-5-3-15(4-6-17)18-7-2-14(13-22)12-19(18)21/h2-7,12,16,23-24H,8-11H2,1H3/t16-,20-. The summed E-state index contributed by atoms with van der Waals surface area (Å²) in [6.07, 6.45) is 2.27. The van der Waals surface area contributed by atoms with Gasteiger partial charge < -0.3 is 5.11 Å². The Hall–Kier alpha value is -2.27. The maximum atomic E-state index is 14.1. The zero-order valence-corrected chi connectivity index (χ0v) is 15.8. The summed E-state index contributed by atoms with van der Waals surface area (Å²) < 4.78 is 42.0. The molecule has 2 aromatic carbocycles. The molecular formula is C20H21FN2O3S. The molecule has 1 fully saturated rings. The van der Waals surface area contributed by atoms with Gasteiger partial charge in [-0.2, -0.15) is 5.26 Å². The van der Waals surface area contributed by atoms with Gasteiger partial charge >= 0.3 is 0 Å². The molecule has 0 atom stereocenters. The van der Waals surface area contributed by atoms with Crippen LogP contribution in [-0.4, -0.2) is 25.2 Å². The van der Waals surface area contributed by atoms with Crippen molar-refractivity contribution in [2.75, 3.05) is 0 Å². The van der Waals surface area contributed by atoms with Crippen molar-refractivity contribution in [2.24, 2.45) is 0 Å². The Morgan fingerprint density at radius 3 is 2.37 bits per heavy atom. The number of hydrogen-bond acceptors (Lipinski definition) is 4. The van der Waals surface area contributed by atoms with Crippen molar-refractivity contribution in [3.05, 3.63) is 53.8 Å². The number of hydrogen-bond donors (Lipinski definition) is 2. The molecule has 3 rings (SSSR count). The monoisotopic (exact) mass is 388 g/mol. The lowest BCUT2D eigenvalue weighted by molar-refractivity contribution is 0.0163. The van der Waals surface area contributed by atoms with Gasteiger partial charge in [0.2, 0.25) is 10.0 Å².